The van der Waals surface area contributed by atoms with Gasteiger partial charge in [0.25, 0.3) is 5.91 Å². The SMILES string of the molecule is CN(CC1Cc2ccccc2O1)C(=O)c1cccc(-c2cncnc2)n1. The van der Waals surface area contributed by atoms with Gasteiger partial charge < -0.3 is 9.64 Å². The lowest BCUT2D eigenvalue weighted by molar-refractivity contribution is 0.0725. The Morgan fingerprint density at radius 2 is 1.96 bits per heavy atom. The van der Waals surface area contributed by atoms with Crippen molar-refractivity contribution in [3.05, 3.63) is 72.4 Å². The van der Waals surface area contributed by atoms with Crippen LogP contribution >= 0.6 is 0 Å². The molecule has 1 atom stereocenters. The Hall–Kier alpha value is -3.28. The Labute approximate surface area is 151 Å². The lowest BCUT2D eigenvalue weighted by Gasteiger charge is -2.21. The minimum absolute atomic E-state index is 0.0351. The minimum Gasteiger partial charge on any atom is -0.488 e. The van der Waals surface area contributed by atoms with Crippen LogP contribution in [0.5, 0.6) is 5.75 Å². The van der Waals surface area contributed by atoms with Crippen molar-refractivity contribution < 1.29 is 9.53 Å². The number of para-hydroxylation sites is 1. The third-order valence-electron chi connectivity index (χ3n) is 4.36. The third-order valence-corrected chi connectivity index (χ3v) is 4.36. The Kier molecular flexibility index (Phi) is 4.31. The Bertz CT molecular complexity index is 905. The number of carbonyl (C=O) groups excluding carboxylic acids is 1. The van der Waals surface area contributed by atoms with Crippen molar-refractivity contribution in [3.8, 4) is 17.0 Å². The Morgan fingerprint density at radius 1 is 1.15 bits per heavy atom. The quantitative estimate of drug-likeness (QED) is 0.726. The van der Waals surface area contributed by atoms with E-state index in [1.165, 1.54) is 11.9 Å². The summed E-state index contributed by atoms with van der Waals surface area (Å²) in [5.74, 6) is 0.769. The smallest absolute Gasteiger partial charge is 0.272 e. The van der Waals surface area contributed by atoms with Crippen LogP contribution in [0.4, 0.5) is 0 Å². The van der Waals surface area contributed by atoms with Gasteiger partial charge in [0.15, 0.2) is 0 Å². The maximum absolute atomic E-state index is 12.8. The number of aromatic nitrogens is 3. The molecular formula is C20H18N4O2. The molecule has 0 N–H and O–H groups in total. The molecule has 6 heteroatoms. The van der Waals surface area contributed by atoms with Crippen LogP contribution in [0.25, 0.3) is 11.3 Å². The number of likely N-dealkylation sites (N-methyl/N-ethyl adjacent to an activating group) is 1. The average molecular weight is 346 g/mol. The van der Waals surface area contributed by atoms with Gasteiger partial charge in [0, 0.05) is 31.4 Å². The van der Waals surface area contributed by atoms with Gasteiger partial charge >= 0.3 is 0 Å². The molecule has 0 saturated carbocycles. The largest absolute Gasteiger partial charge is 0.488 e. The predicted molar refractivity (Wildman–Crippen MR) is 96.8 cm³/mol. The average Bonchev–Trinajstić information content (AvgIpc) is 3.10. The number of fused-ring (bicyclic) bond motifs is 1. The van der Waals surface area contributed by atoms with Crippen molar-refractivity contribution >= 4 is 5.91 Å². The number of ether oxygens (including phenoxy) is 1. The molecular weight excluding hydrogens is 328 g/mol. The summed E-state index contributed by atoms with van der Waals surface area (Å²) in [4.78, 5) is 26.9. The normalized spacial score (nSPS) is 15.2. The van der Waals surface area contributed by atoms with Gasteiger partial charge in [-0.15, -0.1) is 0 Å². The highest BCUT2D eigenvalue weighted by atomic mass is 16.5. The summed E-state index contributed by atoms with van der Waals surface area (Å²) in [6.45, 7) is 0.508. The topological polar surface area (TPSA) is 68.2 Å². The van der Waals surface area contributed by atoms with Crippen LogP contribution in [-0.4, -0.2) is 45.5 Å². The van der Waals surface area contributed by atoms with E-state index >= 15 is 0 Å². The molecule has 0 spiro atoms. The number of amides is 1. The number of hydrogen-bond donors (Lipinski definition) is 0. The van der Waals surface area contributed by atoms with Gasteiger partial charge in [-0.1, -0.05) is 24.3 Å². The van der Waals surface area contributed by atoms with E-state index in [0.29, 0.717) is 17.9 Å². The van der Waals surface area contributed by atoms with Gasteiger partial charge in [-0.05, 0) is 23.8 Å². The zero-order valence-electron chi connectivity index (χ0n) is 14.4. The van der Waals surface area contributed by atoms with Gasteiger partial charge in [0.05, 0.1) is 12.2 Å². The molecule has 0 radical (unpaired) electrons. The summed E-state index contributed by atoms with van der Waals surface area (Å²) >= 11 is 0. The van der Waals surface area contributed by atoms with Crippen LogP contribution < -0.4 is 4.74 Å². The van der Waals surface area contributed by atoms with E-state index in [-0.39, 0.29) is 12.0 Å². The fourth-order valence-corrected chi connectivity index (χ4v) is 3.09. The predicted octanol–water partition coefficient (Wildman–Crippen LogP) is 2.61. The van der Waals surface area contributed by atoms with Crippen LogP contribution in [-0.2, 0) is 6.42 Å². The maximum atomic E-state index is 12.8. The van der Waals surface area contributed by atoms with Crippen LogP contribution in [0.1, 0.15) is 16.1 Å². The molecule has 0 aliphatic carbocycles. The fourth-order valence-electron chi connectivity index (χ4n) is 3.09. The maximum Gasteiger partial charge on any atom is 0.272 e. The summed E-state index contributed by atoms with van der Waals surface area (Å²) in [6.07, 6.45) is 5.59. The molecule has 0 bridgehead atoms. The highest BCUT2D eigenvalue weighted by Gasteiger charge is 2.25. The van der Waals surface area contributed by atoms with Crippen molar-refractivity contribution in [1.82, 2.24) is 19.9 Å². The number of pyridine rings is 1. The van der Waals surface area contributed by atoms with E-state index in [9.17, 15) is 4.79 Å². The summed E-state index contributed by atoms with van der Waals surface area (Å²) in [7, 11) is 1.77. The molecule has 1 unspecified atom stereocenters. The lowest BCUT2D eigenvalue weighted by atomic mass is 10.1. The molecule has 1 amide bonds. The lowest BCUT2D eigenvalue weighted by Crippen LogP contribution is -2.36. The molecule has 6 nitrogen and oxygen atoms in total. The molecule has 2 aromatic heterocycles. The van der Waals surface area contributed by atoms with Crippen molar-refractivity contribution in [2.24, 2.45) is 0 Å². The van der Waals surface area contributed by atoms with E-state index in [1.807, 2.05) is 30.3 Å². The summed E-state index contributed by atoms with van der Waals surface area (Å²) < 4.78 is 5.93. The monoisotopic (exact) mass is 346 g/mol. The number of benzene rings is 1. The molecule has 0 fully saturated rings. The molecule has 130 valence electrons. The molecule has 1 aliphatic heterocycles. The Morgan fingerprint density at radius 3 is 2.77 bits per heavy atom. The summed E-state index contributed by atoms with van der Waals surface area (Å²) in [5.41, 5.74) is 3.03. The van der Waals surface area contributed by atoms with Gasteiger partial charge in [-0.25, -0.2) is 15.0 Å². The second-order valence-electron chi connectivity index (χ2n) is 6.27. The van der Waals surface area contributed by atoms with Crippen LogP contribution in [0.2, 0.25) is 0 Å². The zero-order chi connectivity index (χ0) is 17.9. The molecule has 3 aromatic rings. The fraction of sp³-hybridized carbons (Fsp3) is 0.200. The highest BCUT2D eigenvalue weighted by Crippen LogP contribution is 2.28. The summed E-state index contributed by atoms with van der Waals surface area (Å²) in [6, 6.07) is 13.4. The van der Waals surface area contributed by atoms with Gasteiger partial charge in [0.2, 0.25) is 0 Å². The van der Waals surface area contributed by atoms with Gasteiger partial charge in [0.1, 0.15) is 23.9 Å². The second-order valence-corrected chi connectivity index (χ2v) is 6.27. The van der Waals surface area contributed by atoms with E-state index in [0.717, 1.165) is 17.7 Å². The van der Waals surface area contributed by atoms with E-state index in [2.05, 4.69) is 21.0 Å². The second kappa shape index (κ2) is 6.92. The van der Waals surface area contributed by atoms with Crippen molar-refractivity contribution in [2.75, 3.05) is 13.6 Å². The molecule has 0 saturated heterocycles. The molecule has 4 rings (SSSR count). The molecule has 1 aromatic carbocycles. The Balaban J connectivity index is 1.46. The third kappa shape index (κ3) is 3.26. The number of carbonyl (C=O) groups is 1. The van der Waals surface area contributed by atoms with Crippen LogP contribution in [0.15, 0.2) is 61.2 Å². The number of nitrogens with zero attached hydrogens (tertiary/aromatic N) is 4. The number of rotatable bonds is 4. The van der Waals surface area contributed by atoms with Crippen LogP contribution in [0, 0.1) is 0 Å². The van der Waals surface area contributed by atoms with Crippen LogP contribution in [0.3, 0.4) is 0 Å². The van der Waals surface area contributed by atoms with E-state index in [4.69, 9.17) is 4.74 Å². The standard InChI is InChI=1S/C20H18N4O2/c1-24(12-16-9-14-5-2-3-8-19(14)26-16)20(25)18-7-4-6-17(23-18)15-10-21-13-22-11-15/h2-8,10-11,13,16H,9,12H2,1H3. The van der Waals surface area contributed by atoms with E-state index in [1.54, 1.807) is 30.4 Å². The van der Waals surface area contributed by atoms with Gasteiger partial charge in [-0.2, -0.15) is 0 Å². The first-order valence-electron chi connectivity index (χ1n) is 8.43. The highest BCUT2D eigenvalue weighted by molar-refractivity contribution is 5.92. The van der Waals surface area contributed by atoms with Gasteiger partial charge in [-0.3, -0.25) is 4.79 Å². The van der Waals surface area contributed by atoms with Crippen molar-refractivity contribution in [1.29, 1.82) is 0 Å². The summed E-state index contributed by atoms with van der Waals surface area (Å²) in [5, 5.41) is 0. The van der Waals surface area contributed by atoms with Crippen molar-refractivity contribution in [3.63, 3.8) is 0 Å². The van der Waals surface area contributed by atoms with Crippen molar-refractivity contribution in [2.45, 2.75) is 12.5 Å². The first-order chi connectivity index (χ1) is 12.7. The molecule has 1 aliphatic rings. The van der Waals surface area contributed by atoms with E-state index < -0.39 is 0 Å². The first-order valence-corrected chi connectivity index (χ1v) is 8.43. The molecule has 3 heterocycles. The first kappa shape index (κ1) is 16.2. The molecule has 26 heavy (non-hydrogen) atoms. The number of hydrogen-bond acceptors (Lipinski definition) is 5. The minimum atomic E-state index is -0.136. The zero-order valence-corrected chi connectivity index (χ0v) is 14.4.